The molecule has 1 aliphatic carbocycles. The topological polar surface area (TPSA) is 105 Å². The first-order valence-corrected chi connectivity index (χ1v) is 14.1. The molecule has 3 aromatic rings. The van der Waals surface area contributed by atoms with Gasteiger partial charge in [0.05, 0.1) is 34.5 Å². The van der Waals surface area contributed by atoms with Crippen LogP contribution in [0.1, 0.15) is 68.1 Å². The van der Waals surface area contributed by atoms with E-state index in [2.05, 4.69) is 22.2 Å². The Morgan fingerprint density at radius 3 is 2.40 bits per heavy atom. The SMILES string of the molecule is Cc1nc(Cl)ccc1Nc1cnc(Oc2cc(C(=O)O)c(N(C(=O)C3CCC(C)CC3)C(C)C)cc2F)c(C(F)(F)F)c1. The van der Waals surface area contributed by atoms with Crippen molar-refractivity contribution in [3.63, 3.8) is 0 Å². The lowest BCUT2D eigenvalue weighted by molar-refractivity contribution is -0.138. The van der Waals surface area contributed by atoms with Gasteiger partial charge in [-0.15, -0.1) is 0 Å². The largest absolute Gasteiger partial charge is 0.478 e. The highest BCUT2D eigenvalue weighted by Gasteiger charge is 2.37. The molecule has 2 heterocycles. The van der Waals surface area contributed by atoms with E-state index < -0.39 is 46.8 Å². The average molecular weight is 623 g/mol. The molecule has 4 rings (SSSR count). The van der Waals surface area contributed by atoms with Crippen LogP contribution in [0.2, 0.25) is 5.15 Å². The third kappa shape index (κ3) is 7.35. The summed E-state index contributed by atoms with van der Waals surface area (Å²) in [6.07, 6.45) is -0.978. The Kier molecular flexibility index (Phi) is 9.48. The molecular formula is C30H31ClF4N4O4. The molecule has 13 heteroatoms. The molecule has 1 fully saturated rings. The smallest absolute Gasteiger partial charge is 0.421 e. The molecule has 230 valence electrons. The second-order valence-corrected chi connectivity index (χ2v) is 11.3. The van der Waals surface area contributed by atoms with Crippen LogP contribution < -0.4 is 15.0 Å². The zero-order chi connectivity index (χ0) is 31.6. The molecule has 0 aliphatic heterocycles. The van der Waals surface area contributed by atoms with E-state index in [0.29, 0.717) is 30.1 Å². The number of ether oxygens (including phenoxy) is 1. The molecule has 0 unspecified atom stereocenters. The Balaban J connectivity index is 1.70. The van der Waals surface area contributed by atoms with Crippen LogP contribution >= 0.6 is 11.6 Å². The molecule has 2 aromatic heterocycles. The summed E-state index contributed by atoms with van der Waals surface area (Å²) in [5.41, 5.74) is -1.28. The lowest BCUT2D eigenvalue weighted by atomic mass is 9.82. The van der Waals surface area contributed by atoms with Gasteiger partial charge in [0.25, 0.3) is 0 Å². The van der Waals surface area contributed by atoms with Crippen molar-refractivity contribution in [2.24, 2.45) is 11.8 Å². The maximum Gasteiger partial charge on any atom is 0.421 e. The Morgan fingerprint density at radius 2 is 1.81 bits per heavy atom. The highest BCUT2D eigenvalue weighted by atomic mass is 35.5. The van der Waals surface area contributed by atoms with Crippen LogP contribution in [-0.4, -0.2) is 33.0 Å². The molecule has 2 N–H and O–H groups in total. The summed E-state index contributed by atoms with van der Waals surface area (Å²) >= 11 is 5.84. The third-order valence-electron chi connectivity index (χ3n) is 7.35. The first-order valence-electron chi connectivity index (χ1n) is 13.7. The molecule has 0 bridgehead atoms. The van der Waals surface area contributed by atoms with Crippen molar-refractivity contribution in [3.05, 3.63) is 64.3 Å². The number of carboxylic acid groups (broad SMARTS) is 1. The number of anilines is 3. The average Bonchev–Trinajstić information content (AvgIpc) is 2.91. The summed E-state index contributed by atoms with van der Waals surface area (Å²) in [6.45, 7) is 7.06. The van der Waals surface area contributed by atoms with Crippen molar-refractivity contribution >= 4 is 40.5 Å². The van der Waals surface area contributed by atoms with Crippen LogP contribution in [0, 0.1) is 24.6 Å². The first-order chi connectivity index (χ1) is 20.1. The number of carboxylic acids is 1. The predicted octanol–water partition coefficient (Wildman–Crippen LogP) is 8.40. The minimum Gasteiger partial charge on any atom is -0.478 e. The van der Waals surface area contributed by atoms with Gasteiger partial charge in [-0.2, -0.15) is 13.2 Å². The maximum atomic E-state index is 15.4. The van der Waals surface area contributed by atoms with Crippen molar-refractivity contribution in [1.82, 2.24) is 9.97 Å². The molecule has 1 aromatic carbocycles. The number of pyridine rings is 2. The molecule has 1 aliphatic rings. The molecule has 0 spiro atoms. The number of aromatic carboxylic acids is 1. The molecule has 43 heavy (non-hydrogen) atoms. The Bertz CT molecular complexity index is 1520. The van der Waals surface area contributed by atoms with Gasteiger partial charge in [0.15, 0.2) is 11.6 Å². The second-order valence-electron chi connectivity index (χ2n) is 10.9. The van der Waals surface area contributed by atoms with Crippen LogP contribution in [0.25, 0.3) is 0 Å². The fraction of sp³-hybridized carbons (Fsp3) is 0.400. The quantitative estimate of drug-likeness (QED) is 0.192. The normalized spacial score (nSPS) is 17.1. The standard InChI is InChI=1S/C30H31ClF4N4O4/c1-15(2)39(28(40)18-7-5-16(3)6-8-18)24-13-22(32)25(12-20(24)29(41)42)43-27-21(30(33,34)35)11-19(14-36-27)38-23-9-10-26(31)37-17(23)4/h9-16,18,38H,5-8H2,1-4H3,(H,41,42). The predicted molar refractivity (Wildman–Crippen MR) is 154 cm³/mol. The van der Waals surface area contributed by atoms with Crippen LogP contribution in [0.4, 0.5) is 34.6 Å². The van der Waals surface area contributed by atoms with E-state index in [-0.39, 0.29) is 28.4 Å². The Labute approximate surface area is 251 Å². The number of hydrogen-bond acceptors (Lipinski definition) is 6. The Morgan fingerprint density at radius 1 is 1.14 bits per heavy atom. The van der Waals surface area contributed by atoms with Gasteiger partial charge in [0.1, 0.15) is 10.7 Å². The number of amides is 1. The highest BCUT2D eigenvalue weighted by Crippen LogP contribution is 2.41. The monoisotopic (exact) mass is 622 g/mol. The third-order valence-corrected chi connectivity index (χ3v) is 7.56. The van der Waals surface area contributed by atoms with Crippen molar-refractivity contribution in [3.8, 4) is 11.6 Å². The summed E-state index contributed by atoms with van der Waals surface area (Å²) in [7, 11) is 0. The molecule has 8 nitrogen and oxygen atoms in total. The van der Waals surface area contributed by atoms with E-state index in [1.165, 1.54) is 17.0 Å². The number of halogens is 5. The van der Waals surface area contributed by atoms with Crippen LogP contribution in [0.5, 0.6) is 11.6 Å². The number of carbonyl (C=O) groups is 2. The van der Waals surface area contributed by atoms with Crippen LogP contribution in [-0.2, 0) is 11.0 Å². The number of carbonyl (C=O) groups excluding carboxylic acids is 1. The number of aromatic nitrogens is 2. The summed E-state index contributed by atoms with van der Waals surface area (Å²) in [4.78, 5) is 34.8. The highest BCUT2D eigenvalue weighted by molar-refractivity contribution is 6.29. The minimum absolute atomic E-state index is 0.0582. The van der Waals surface area contributed by atoms with Gasteiger partial charge in [-0.05, 0) is 70.6 Å². The van der Waals surface area contributed by atoms with E-state index in [1.54, 1.807) is 20.8 Å². The zero-order valence-corrected chi connectivity index (χ0v) is 24.7. The van der Waals surface area contributed by atoms with E-state index in [1.807, 2.05) is 0 Å². The fourth-order valence-electron chi connectivity index (χ4n) is 5.07. The molecule has 0 radical (unpaired) electrons. The van der Waals surface area contributed by atoms with Gasteiger partial charge < -0.3 is 20.1 Å². The lowest BCUT2D eigenvalue weighted by Gasteiger charge is -2.34. The van der Waals surface area contributed by atoms with Crippen molar-refractivity contribution < 1.29 is 37.0 Å². The van der Waals surface area contributed by atoms with Gasteiger partial charge in [-0.1, -0.05) is 18.5 Å². The number of hydrogen-bond donors (Lipinski definition) is 2. The number of aryl methyl sites for hydroxylation is 1. The molecule has 0 atom stereocenters. The van der Waals surface area contributed by atoms with Gasteiger partial charge >= 0.3 is 12.1 Å². The number of nitrogens with one attached hydrogen (secondary N) is 1. The van der Waals surface area contributed by atoms with Gasteiger partial charge in [-0.25, -0.2) is 19.2 Å². The van der Waals surface area contributed by atoms with E-state index >= 15 is 4.39 Å². The summed E-state index contributed by atoms with van der Waals surface area (Å²) in [6, 6.07) is 4.78. The van der Waals surface area contributed by atoms with Crippen LogP contribution in [0.15, 0.2) is 36.5 Å². The number of rotatable bonds is 8. The van der Waals surface area contributed by atoms with Crippen molar-refractivity contribution in [2.75, 3.05) is 10.2 Å². The first kappa shape index (κ1) is 32.0. The van der Waals surface area contributed by atoms with Crippen molar-refractivity contribution in [1.29, 1.82) is 0 Å². The molecule has 0 saturated heterocycles. The van der Waals surface area contributed by atoms with Gasteiger partial charge in [0, 0.05) is 24.1 Å². The van der Waals surface area contributed by atoms with E-state index in [4.69, 9.17) is 16.3 Å². The maximum absolute atomic E-state index is 15.4. The van der Waals surface area contributed by atoms with E-state index in [0.717, 1.165) is 37.2 Å². The Hall–Kier alpha value is -3.93. The number of nitrogens with zero attached hydrogens (tertiary/aromatic N) is 3. The minimum atomic E-state index is -4.96. The lowest BCUT2D eigenvalue weighted by Crippen LogP contribution is -2.43. The second kappa shape index (κ2) is 12.7. The summed E-state index contributed by atoms with van der Waals surface area (Å²) in [5.74, 6) is -4.65. The van der Waals surface area contributed by atoms with Crippen molar-refractivity contribution in [2.45, 2.75) is 65.6 Å². The van der Waals surface area contributed by atoms with Gasteiger partial charge in [-0.3, -0.25) is 4.79 Å². The molecule has 1 saturated carbocycles. The van der Waals surface area contributed by atoms with Gasteiger partial charge in [0.2, 0.25) is 11.8 Å². The number of alkyl halides is 3. The molecular weight excluding hydrogens is 592 g/mol. The summed E-state index contributed by atoms with van der Waals surface area (Å²) < 4.78 is 62.8. The van der Waals surface area contributed by atoms with E-state index in [9.17, 15) is 27.9 Å². The summed E-state index contributed by atoms with van der Waals surface area (Å²) in [5, 5.41) is 13.0. The van der Waals surface area contributed by atoms with Crippen LogP contribution in [0.3, 0.4) is 0 Å². The zero-order valence-electron chi connectivity index (χ0n) is 23.9. The number of benzene rings is 1. The molecule has 1 amide bonds. The fourth-order valence-corrected chi connectivity index (χ4v) is 5.26.